The van der Waals surface area contributed by atoms with Crippen LogP contribution in [0.4, 0.5) is 0 Å². The van der Waals surface area contributed by atoms with E-state index >= 15 is 0 Å². The largest absolute Gasteiger partial charge is 0.370 e. The molecule has 3 nitrogen and oxygen atoms in total. The number of halogens is 1. The Bertz CT molecular complexity index is 470. The Morgan fingerprint density at radius 2 is 2.28 bits per heavy atom. The van der Waals surface area contributed by atoms with Gasteiger partial charge in [0.2, 0.25) is 0 Å². The molecule has 0 aromatic heterocycles. The molecule has 0 fully saturated rings. The molecular weight excluding hydrogens is 290 g/mol. The van der Waals surface area contributed by atoms with E-state index < -0.39 is 0 Å². The second kappa shape index (κ2) is 5.31. The lowest BCUT2D eigenvalue weighted by atomic mass is 10.0. The first-order valence-electron chi connectivity index (χ1n) is 6.39. The summed E-state index contributed by atoms with van der Waals surface area (Å²) in [7, 11) is 0. The van der Waals surface area contributed by atoms with Gasteiger partial charge in [0.05, 0.1) is 12.6 Å². The van der Waals surface area contributed by atoms with Crippen LogP contribution in [0.1, 0.15) is 37.4 Å². The molecule has 1 aromatic carbocycles. The van der Waals surface area contributed by atoms with Crippen molar-refractivity contribution in [1.29, 1.82) is 0 Å². The fourth-order valence-electron chi connectivity index (χ4n) is 2.32. The lowest BCUT2D eigenvalue weighted by Gasteiger charge is -2.32. The molecule has 0 aliphatic carbocycles. The Hall–Kier alpha value is -1.03. The van der Waals surface area contributed by atoms with Crippen molar-refractivity contribution in [2.75, 3.05) is 6.54 Å². The molecule has 1 heterocycles. The topological polar surface area (TPSA) is 41.6 Å². The van der Waals surface area contributed by atoms with Gasteiger partial charge in [0.25, 0.3) is 0 Å². The fraction of sp³-hybridized carbons (Fsp3) is 0.500. The molecule has 4 heteroatoms. The summed E-state index contributed by atoms with van der Waals surface area (Å²) >= 11 is 3.60. The molecule has 0 amide bonds. The molecule has 0 spiro atoms. The third-order valence-corrected chi connectivity index (χ3v) is 4.53. The summed E-state index contributed by atoms with van der Waals surface area (Å²) in [6.07, 6.45) is 1.07. The molecule has 2 N–H and O–H groups in total. The average molecular weight is 310 g/mol. The number of rotatable bonds is 3. The van der Waals surface area contributed by atoms with E-state index in [1.807, 2.05) is 0 Å². The van der Waals surface area contributed by atoms with Crippen LogP contribution in [-0.2, 0) is 0 Å². The number of nitrogens with two attached hydrogens (primary N) is 1. The number of hydrogen-bond donors (Lipinski definition) is 1. The Balaban J connectivity index is 2.30. The molecule has 0 saturated heterocycles. The first kappa shape index (κ1) is 13.4. The molecule has 2 unspecified atom stereocenters. The minimum atomic E-state index is 0.275. The van der Waals surface area contributed by atoms with Crippen molar-refractivity contribution in [2.45, 2.75) is 39.3 Å². The Morgan fingerprint density at radius 3 is 2.89 bits per heavy atom. The van der Waals surface area contributed by atoms with E-state index in [2.05, 4.69) is 64.8 Å². The predicted molar refractivity (Wildman–Crippen MR) is 79.7 cm³/mol. The maximum absolute atomic E-state index is 6.02. The lowest BCUT2D eigenvalue weighted by Crippen LogP contribution is -2.42. The van der Waals surface area contributed by atoms with E-state index in [0.29, 0.717) is 12.0 Å². The monoisotopic (exact) mass is 309 g/mol. The summed E-state index contributed by atoms with van der Waals surface area (Å²) in [6, 6.07) is 7.19. The summed E-state index contributed by atoms with van der Waals surface area (Å²) in [4.78, 5) is 6.63. The van der Waals surface area contributed by atoms with Crippen LogP contribution in [0, 0.1) is 6.92 Å². The van der Waals surface area contributed by atoms with E-state index in [1.54, 1.807) is 0 Å². The number of benzene rings is 1. The molecule has 0 bridgehead atoms. The van der Waals surface area contributed by atoms with Crippen LogP contribution in [0.3, 0.4) is 0 Å². The summed E-state index contributed by atoms with van der Waals surface area (Å²) in [5.74, 6) is 0.672. The summed E-state index contributed by atoms with van der Waals surface area (Å²) in [5, 5.41) is 0. The van der Waals surface area contributed by atoms with Gasteiger partial charge in [-0.1, -0.05) is 35.0 Å². The highest BCUT2D eigenvalue weighted by molar-refractivity contribution is 9.10. The Morgan fingerprint density at radius 1 is 1.56 bits per heavy atom. The van der Waals surface area contributed by atoms with Crippen molar-refractivity contribution in [2.24, 2.45) is 10.7 Å². The highest BCUT2D eigenvalue weighted by Gasteiger charge is 2.30. The van der Waals surface area contributed by atoms with Crippen molar-refractivity contribution in [3.8, 4) is 0 Å². The smallest absolute Gasteiger partial charge is 0.192 e. The van der Waals surface area contributed by atoms with Gasteiger partial charge >= 0.3 is 0 Å². The van der Waals surface area contributed by atoms with E-state index in [0.717, 1.165) is 17.4 Å². The van der Waals surface area contributed by atoms with Crippen LogP contribution >= 0.6 is 15.9 Å². The van der Waals surface area contributed by atoms with Gasteiger partial charge < -0.3 is 10.6 Å². The molecule has 1 aliphatic rings. The number of hydrogen-bond acceptors (Lipinski definition) is 3. The van der Waals surface area contributed by atoms with Gasteiger partial charge in [-0.05, 0) is 37.5 Å². The van der Waals surface area contributed by atoms with Crippen molar-refractivity contribution >= 4 is 21.9 Å². The number of guanidine groups is 1. The molecule has 0 saturated carbocycles. The van der Waals surface area contributed by atoms with Gasteiger partial charge in [-0.3, -0.25) is 4.99 Å². The highest BCUT2D eigenvalue weighted by atomic mass is 79.9. The van der Waals surface area contributed by atoms with Crippen molar-refractivity contribution < 1.29 is 0 Å². The van der Waals surface area contributed by atoms with Crippen LogP contribution in [0.15, 0.2) is 27.7 Å². The van der Waals surface area contributed by atoms with E-state index in [1.165, 1.54) is 11.1 Å². The molecule has 98 valence electrons. The molecule has 2 rings (SSSR count). The number of aryl methyl sites for hydroxylation is 1. The third-order valence-electron chi connectivity index (χ3n) is 3.67. The third kappa shape index (κ3) is 2.39. The predicted octanol–water partition coefficient (Wildman–Crippen LogP) is 3.23. The summed E-state index contributed by atoms with van der Waals surface area (Å²) in [6.45, 7) is 7.23. The summed E-state index contributed by atoms with van der Waals surface area (Å²) < 4.78 is 1.15. The zero-order chi connectivity index (χ0) is 13.3. The second-order valence-electron chi connectivity index (χ2n) is 4.89. The van der Waals surface area contributed by atoms with Gasteiger partial charge in [0.1, 0.15) is 0 Å². The standard InChI is InChI=1S/C14H20BrN3/c1-4-10(3)18-13(8-17-14(18)16)11-6-5-9(2)12(15)7-11/h5-7,10,13H,4,8H2,1-3H3,(H2,16,17). The molecule has 1 aromatic rings. The molecule has 0 radical (unpaired) electrons. The van der Waals surface area contributed by atoms with Crippen molar-refractivity contribution in [3.63, 3.8) is 0 Å². The van der Waals surface area contributed by atoms with Gasteiger partial charge in [0.15, 0.2) is 5.96 Å². The van der Waals surface area contributed by atoms with Crippen LogP contribution < -0.4 is 5.73 Å². The molecule has 1 aliphatic heterocycles. The molecule has 2 atom stereocenters. The van der Waals surface area contributed by atoms with Gasteiger partial charge in [-0.15, -0.1) is 0 Å². The lowest BCUT2D eigenvalue weighted by molar-refractivity contribution is 0.268. The molecular formula is C14H20BrN3. The van der Waals surface area contributed by atoms with E-state index in [-0.39, 0.29) is 6.04 Å². The number of aliphatic imine (C=N–C) groups is 1. The first-order chi connectivity index (χ1) is 8.54. The minimum Gasteiger partial charge on any atom is -0.370 e. The maximum Gasteiger partial charge on any atom is 0.192 e. The normalized spacial score (nSPS) is 21.0. The van der Waals surface area contributed by atoms with Crippen LogP contribution in [0.5, 0.6) is 0 Å². The van der Waals surface area contributed by atoms with Crippen LogP contribution in [0.25, 0.3) is 0 Å². The first-order valence-corrected chi connectivity index (χ1v) is 7.18. The SMILES string of the molecule is CCC(C)N1C(N)=NCC1c1ccc(C)c(Br)c1. The Labute approximate surface area is 117 Å². The fourth-order valence-corrected chi connectivity index (χ4v) is 2.72. The number of nitrogens with zero attached hydrogens (tertiary/aromatic N) is 2. The van der Waals surface area contributed by atoms with Crippen LogP contribution in [0.2, 0.25) is 0 Å². The van der Waals surface area contributed by atoms with E-state index in [9.17, 15) is 0 Å². The maximum atomic E-state index is 6.02. The highest BCUT2D eigenvalue weighted by Crippen LogP contribution is 2.30. The molecule has 18 heavy (non-hydrogen) atoms. The van der Waals surface area contributed by atoms with Gasteiger partial charge in [0, 0.05) is 10.5 Å². The zero-order valence-corrected chi connectivity index (χ0v) is 12.7. The Kier molecular flexibility index (Phi) is 3.95. The van der Waals surface area contributed by atoms with Crippen molar-refractivity contribution in [1.82, 2.24) is 4.90 Å². The quantitative estimate of drug-likeness (QED) is 0.931. The van der Waals surface area contributed by atoms with E-state index in [4.69, 9.17) is 5.73 Å². The zero-order valence-electron chi connectivity index (χ0n) is 11.2. The van der Waals surface area contributed by atoms with Crippen LogP contribution in [-0.4, -0.2) is 23.4 Å². The van der Waals surface area contributed by atoms with Gasteiger partial charge in [-0.25, -0.2) is 0 Å². The van der Waals surface area contributed by atoms with Gasteiger partial charge in [-0.2, -0.15) is 0 Å². The second-order valence-corrected chi connectivity index (χ2v) is 5.74. The summed E-state index contributed by atoms with van der Waals surface area (Å²) in [5.41, 5.74) is 8.54. The van der Waals surface area contributed by atoms with Crippen molar-refractivity contribution in [3.05, 3.63) is 33.8 Å². The minimum absolute atomic E-state index is 0.275. The average Bonchev–Trinajstić information content (AvgIpc) is 2.74.